The minimum Gasteiger partial charge on any atom is -0.494 e. The van der Waals surface area contributed by atoms with Crippen molar-refractivity contribution in [2.24, 2.45) is 0 Å². The highest BCUT2D eigenvalue weighted by atomic mass is 32.1. The van der Waals surface area contributed by atoms with Gasteiger partial charge in [-0.3, -0.25) is 4.79 Å². The molecule has 0 saturated heterocycles. The molecule has 4 nitrogen and oxygen atoms in total. The van der Waals surface area contributed by atoms with E-state index in [0.29, 0.717) is 30.6 Å². The van der Waals surface area contributed by atoms with Crippen molar-refractivity contribution < 1.29 is 9.53 Å². The van der Waals surface area contributed by atoms with Gasteiger partial charge in [0.05, 0.1) is 6.61 Å². The van der Waals surface area contributed by atoms with E-state index in [1.165, 1.54) is 12.8 Å². The van der Waals surface area contributed by atoms with Gasteiger partial charge >= 0.3 is 0 Å². The molecule has 1 aromatic carbocycles. The molecule has 0 spiro atoms. The van der Waals surface area contributed by atoms with Gasteiger partial charge in [0.25, 0.3) is 0 Å². The van der Waals surface area contributed by atoms with Crippen LogP contribution in [0.1, 0.15) is 38.5 Å². The molecule has 0 radical (unpaired) electrons. The number of carbonyl (C=O) groups excluding carboxylic acids is 1. The quantitative estimate of drug-likeness (QED) is 0.627. The minimum absolute atomic E-state index is 0.0536. The van der Waals surface area contributed by atoms with Gasteiger partial charge in [0.1, 0.15) is 5.75 Å². The van der Waals surface area contributed by atoms with E-state index in [1.807, 2.05) is 30.3 Å². The number of nitrogens with one attached hydrogen (secondary N) is 2. The number of hydrogen-bond donors (Lipinski definition) is 2. The van der Waals surface area contributed by atoms with Gasteiger partial charge in [0.15, 0.2) is 5.11 Å². The average molecular weight is 306 g/mol. The maximum absolute atomic E-state index is 11.7. The molecule has 114 valence electrons. The first-order chi connectivity index (χ1) is 10.2. The zero-order valence-corrected chi connectivity index (χ0v) is 13.0. The van der Waals surface area contributed by atoms with Crippen LogP contribution in [-0.4, -0.2) is 23.7 Å². The van der Waals surface area contributed by atoms with E-state index in [9.17, 15) is 4.79 Å². The third-order valence-electron chi connectivity index (χ3n) is 3.50. The molecule has 2 rings (SSSR count). The second kappa shape index (κ2) is 8.62. The van der Waals surface area contributed by atoms with Gasteiger partial charge in [0.2, 0.25) is 5.91 Å². The Bertz CT molecular complexity index is 459. The molecule has 0 aromatic heterocycles. The van der Waals surface area contributed by atoms with Gasteiger partial charge in [-0.2, -0.15) is 0 Å². The fraction of sp³-hybridized carbons (Fsp3) is 0.500. The average Bonchev–Trinajstić information content (AvgIpc) is 2.97. The normalized spacial score (nSPS) is 14.7. The maximum atomic E-state index is 11.7. The van der Waals surface area contributed by atoms with Crippen molar-refractivity contribution in [1.29, 1.82) is 0 Å². The Morgan fingerprint density at radius 3 is 2.67 bits per heavy atom. The van der Waals surface area contributed by atoms with Crippen LogP contribution in [0.5, 0.6) is 5.75 Å². The monoisotopic (exact) mass is 306 g/mol. The molecule has 1 fully saturated rings. The molecule has 0 atom stereocenters. The van der Waals surface area contributed by atoms with Crippen LogP contribution in [0.25, 0.3) is 0 Å². The summed E-state index contributed by atoms with van der Waals surface area (Å²) in [5.41, 5.74) is 0. The summed E-state index contributed by atoms with van der Waals surface area (Å²) in [7, 11) is 0. The van der Waals surface area contributed by atoms with Crippen molar-refractivity contribution in [3.8, 4) is 5.75 Å². The molecule has 1 saturated carbocycles. The zero-order valence-electron chi connectivity index (χ0n) is 12.1. The second-order valence-electron chi connectivity index (χ2n) is 5.27. The molecule has 1 aromatic rings. The highest BCUT2D eigenvalue weighted by Gasteiger charge is 2.16. The predicted octanol–water partition coefficient (Wildman–Crippen LogP) is 2.78. The SMILES string of the molecule is O=C(CCCOc1ccccc1)NC(=S)NC1CCCC1. The highest BCUT2D eigenvalue weighted by Crippen LogP contribution is 2.17. The van der Waals surface area contributed by atoms with Crippen molar-refractivity contribution in [1.82, 2.24) is 10.6 Å². The Morgan fingerprint density at radius 1 is 1.24 bits per heavy atom. The minimum atomic E-state index is -0.0536. The van der Waals surface area contributed by atoms with Crippen LogP contribution in [0.15, 0.2) is 30.3 Å². The van der Waals surface area contributed by atoms with E-state index in [0.717, 1.165) is 18.6 Å². The van der Waals surface area contributed by atoms with Crippen LogP contribution in [0.3, 0.4) is 0 Å². The molecule has 0 heterocycles. The molecule has 1 amide bonds. The summed E-state index contributed by atoms with van der Waals surface area (Å²) in [6.07, 6.45) is 5.85. The number of amides is 1. The molecule has 2 N–H and O–H groups in total. The number of benzene rings is 1. The first kappa shape index (κ1) is 15.8. The summed E-state index contributed by atoms with van der Waals surface area (Å²) in [6, 6.07) is 10.0. The summed E-state index contributed by atoms with van der Waals surface area (Å²) in [4.78, 5) is 11.7. The molecule has 21 heavy (non-hydrogen) atoms. The van der Waals surface area contributed by atoms with Crippen molar-refractivity contribution in [3.05, 3.63) is 30.3 Å². The first-order valence-corrected chi connectivity index (χ1v) is 7.93. The zero-order chi connectivity index (χ0) is 14.9. The lowest BCUT2D eigenvalue weighted by Crippen LogP contribution is -2.43. The third kappa shape index (κ3) is 6.12. The van der Waals surface area contributed by atoms with Crippen LogP contribution >= 0.6 is 12.2 Å². The maximum Gasteiger partial charge on any atom is 0.226 e. The van der Waals surface area contributed by atoms with Crippen molar-refractivity contribution in [2.75, 3.05) is 6.61 Å². The van der Waals surface area contributed by atoms with Gasteiger partial charge in [0, 0.05) is 12.5 Å². The number of para-hydroxylation sites is 1. The fourth-order valence-electron chi connectivity index (χ4n) is 2.42. The number of ether oxygens (including phenoxy) is 1. The summed E-state index contributed by atoms with van der Waals surface area (Å²) in [6.45, 7) is 0.528. The molecular formula is C16H22N2O2S. The van der Waals surface area contributed by atoms with Crippen LogP contribution in [0.4, 0.5) is 0 Å². The van der Waals surface area contributed by atoms with E-state index in [4.69, 9.17) is 17.0 Å². The number of rotatable bonds is 6. The number of carbonyl (C=O) groups is 1. The smallest absolute Gasteiger partial charge is 0.226 e. The standard InChI is InChI=1S/C16H22N2O2S/c19-15(18-16(21)17-13-7-4-5-8-13)11-6-12-20-14-9-2-1-3-10-14/h1-3,9-10,13H,4-8,11-12H2,(H2,17,18,19,21). The van der Waals surface area contributed by atoms with E-state index in [1.54, 1.807) is 0 Å². The van der Waals surface area contributed by atoms with Crippen LogP contribution in [-0.2, 0) is 4.79 Å². The van der Waals surface area contributed by atoms with Gasteiger partial charge in [-0.15, -0.1) is 0 Å². The van der Waals surface area contributed by atoms with Gasteiger partial charge in [-0.1, -0.05) is 31.0 Å². The van der Waals surface area contributed by atoms with E-state index < -0.39 is 0 Å². The van der Waals surface area contributed by atoms with Crippen molar-refractivity contribution >= 4 is 23.2 Å². The third-order valence-corrected chi connectivity index (χ3v) is 3.72. The van der Waals surface area contributed by atoms with Crippen molar-refractivity contribution in [3.63, 3.8) is 0 Å². The first-order valence-electron chi connectivity index (χ1n) is 7.52. The Kier molecular flexibility index (Phi) is 6.47. The molecule has 0 bridgehead atoms. The fourth-order valence-corrected chi connectivity index (χ4v) is 2.70. The van der Waals surface area contributed by atoms with E-state index in [-0.39, 0.29) is 5.91 Å². The summed E-state index contributed by atoms with van der Waals surface area (Å²) in [5, 5.41) is 6.38. The lowest BCUT2D eigenvalue weighted by atomic mass is 10.2. The van der Waals surface area contributed by atoms with Crippen LogP contribution in [0, 0.1) is 0 Å². The summed E-state index contributed by atoms with van der Waals surface area (Å²) in [5.74, 6) is 0.776. The van der Waals surface area contributed by atoms with Crippen LogP contribution < -0.4 is 15.4 Å². The Balaban J connectivity index is 1.55. The molecular weight excluding hydrogens is 284 g/mol. The number of thiocarbonyl (C=S) groups is 1. The Hall–Kier alpha value is -1.62. The molecule has 1 aliphatic rings. The summed E-state index contributed by atoms with van der Waals surface area (Å²) >= 11 is 5.15. The van der Waals surface area contributed by atoms with Gasteiger partial charge < -0.3 is 15.4 Å². The Labute approximate surface area is 131 Å². The topological polar surface area (TPSA) is 50.4 Å². The van der Waals surface area contributed by atoms with Gasteiger partial charge in [-0.25, -0.2) is 0 Å². The van der Waals surface area contributed by atoms with Crippen LogP contribution in [0.2, 0.25) is 0 Å². The lowest BCUT2D eigenvalue weighted by molar-refractivity contribution is -0.119. The largest absolute Gasteiger partial charge is 0.494 e. The highest BCUT2D eigenvalue weighted by molar-refractivity contribution is 7.80. The molecule has 0 aliphatic heterocycles. The second-order valence-corrected chi connectivity index (χ2v) is 5.68. The lowest BCUT2D eigenvalue weighted by Gasteiger charge is -2.14. The predicted molar refractivity (Wildman–Crippen MR) is 87.3 cm³/mol. The van der Waals surface area contributed by atoms with Crippen molar-refractivity contribution in [2.45, 2.75) is 44.6 Å². The van der Waals surface area contributed by atoms with E-state index >= 15 is 0 Å². The molecule has 5 heteroatoms. The van der Waals surface area contributed by atoms with Gasteiger partial charge in [-0.05, 0) is 43.6 Å². The molecule has 0 unspecified atom stereocenters. The summed E-state index contributed by atoms with van der Waals surface area (Å²) < 4.78 is 5.54. The molecule has 1 aliphatic carbocycles. The van der Waals surface area contributed by atoms with E-state index in [2.05, 4.69) is 10.6 Å². The number of hydrogen-bond acceptors (Lipinski definition) is 3. The Morgan fingerprint density at radius 2 is 1.95 bits per heavy atom.